The van der Waals surface area contributed by atoms with Crippen LogP contribution < -0.4 is 0 Å². The summed E-state index contributed by atoms with van der Waals surface area (Å²) in [6.45, 7) is 3.52. The van der Waals surface area contributed by atoms with Gasteiger partial charge in [0, 0.05) is 15.6 Å². The largest absolute Gasteiger partial charge is 0.377 e. The summed E-state index contributed by atoms with van der Waals surface area (Å²) < 4.78 is 6.51. The van der Waals surface area contributed by atoms with E-state index in [0.29, 0.717) is 6.61 Å². The van der Waals surface area contributed by atoms with Crippen molar-refractivity contribution in [2.45, 2.75) is 13.3 Å². The van der Waals surface area contributed by atoms with Gasteiger partial charge in [-0.1, -0.05) is 64.0 Å². The molecule has 4 heteroatoms. The van der Waals surface area contributed by atoms with E-state index < -0.39 is 0 Å². The molecular formula is C21H19BrN2O. The smallest absolute Gasteiger partial charge is 0.139 e. The number of ether oxygens (including phenoxy) is 1. The third kappa shape index (κ3) is 3.32. The molecule has 1 aliphatic heterocycles. The van der Waals surface area contributed by atoms with Gasteiger partial charge in [0.05, 0.1) is 24.6 Å². The van der Waals surface area contributed by atoms with E-state index in [-0.39, 0.29) is 0 Å². The maximum absolute atomic E-state index is 5.48. The van der Waals surface area contributed by atoms with E-state index >= 15 is 0 Å². The third-order valence-corrected chi connectivity index (χ3v) is 5.10. The first-order valence-electron chi connectivity index (χ1n) is 8.41. The average molecular weight is 395 g/mol. The fourth-order valence-electron chi connectivity index (χ4n) is 3.14. The van der Waals surface area contributed by atoms with Gasteiger partial charge in [0.2, 0.25) is 0 Å². The lowest BCUT2D eigenvalue weighted by Crippen LogP contribution is -2.04. The lowest BCUT2D eigenvalue weighted by molar-refractivity contribution is 0.161. The summed E-state index contributed by atoms with van der Waals surface area (Å²) in [5.74, 6) is 0.881. The monoisotopic (exact) mass is 394 g/mol. The number of H-pyrrole nitrogens is 1. The number of nitrogens with zero attached hydrogens (tertiary/aromatic N) is 1. The van der Waals surface area contributed by atoms with Crippen LogP contribution in [0.1, 0.15) is 17.7 Å². The molecule has 0 saturated heterocycles. The minimum Gasteiger partial charge on any atom is -0.377 e. The molecule has 1 aliphatic rings. The maximum atomic E-state index is 5.48. The van der Waals surface area contributed by atoms with Crippen LogP contribution >= 0.6 is 15.9 Å². The van der Waals surface area contributed by atoms with Crippen LogP contribution in [0, 0.1) is 6.92 Å². The van der Waals surface area contributed by atoms with Crippen molar-refractivity contribution in [3.63, 3.8) is 0 Å². The Hall–Kier alpha value is -2.17. The molecule has 0 aliphatic carbocycles. The number of hydrogen-bond acceptors (Lipinski definition) is 2. The molecule has 3 nitrogen and oxygen atoms in total. The number of aryl methyl sites for hydroxylation is 1. The fraction of sp³-hybridized carbons (Fsp3) is 0.190. The van der Waals surface area contributed by atoms with E-state index in [0.717, 1.165) is 45.8 Å². The Labute approximate surface area is 155 Å². The minimum absolute atomic E-state index is 0.659. The highest BCUT2D eigenvalue weighted by Crippen LogP contribution is 2.34. The van der Waals surface area contributed by atoms with Crippen LogP contribution in [0.3, 0.4) is 0 Å². The van der Waals surface area contributed by atoms with Crippen molar-refractivity contribution in [3.8, 4) is 22.6 Å². The predicted molar refractivity (Wildman–Crippen MR) is 105 cm³/mol. The van der Waals surface area contributed by atoms with Gasteiger partial charge in [0.1, 0.15) is 5.82 Å². The van der Waals surface area contributed by atoms with Gasteiger partial charge in [-0.05, 0) is 31.1 Å². The highest BCUT2D eigenvalue weighted by Gasteiger charge is 2.19. The number of aromatic amines is 1. The van der Waals surface area contributed by atoms with Crippen molar-refractivity contribution in [3.05, 3.63) is 70.3 Å². The molecule has 0 radical (unpaired) electrons. The molecule has 4 rings (SSSR count). The molecule has 1 aromatic heterocycles. The standard InChI is InChI=1S/C21H19BrN2O/c1-14-5-4-6-16(13-14)20-19(15-9-11-25-12-10-15)23-21(24-20)17-7-2-3-8-18(17)22/h2-9,13H,10-12H2,1H3,(H,23,24). The second-order valence-corrected chi connectivity index (χ2v) is 7.07. The third-order valence-electron chi connectivity index (χ3n) is 4.41. The van der Waals surface area contributed by atoms with Gasteiger partial charge in [-0.2, -0.15) is 0 Å². The van der Waals surface area contributed by atoms with E-state index in [9.17, 15) is 0 Å². The summed E-state index contributed by atoms with van der Waals surface area (Å²) >= 11 is 3.64. The van der Waals surface area contributed by atoms with Crippen LogP contribution in [-0.2, 0) is 4.74 Å². The van der Waals surface area contributed by atoms with Gasteiger partial charge < -0.3 is 9.72 Å². The van der Waals surface area contributed by atoms with E-state index in [1.807, 2.05) is 18.2 Å². The quantitative estimate of drug-likeness (QED) is 0.625. The summed E-state index contributed by atoms with van der Waals surface area (Å²) in [6.07, 6.45) is 3.05. The number of hydrogen-bond donors (Lipinski definition) is 1. The summed E-state index contributed by atoms with van der Waals surface area (Å²) in [5.41, 5.74) is 6.80. The first kappa shape index (κ1) is 16.3. The number of benzene rings is 2. The van der Waals surface area contributed by atoms with Crippen molar-refractivity contribution in [2.24, 2.45) is 0 Å². The molecule has 1 N–H and O–H groups in total. The molecule has 0 bridgehead atoms. The van der Waals surface area contributed by atoms with Crippen molar-refractivity contribution in [1.82, 2.24) is 9.97 Å². The topological polar surface area (TPSA) is 37.9 Å². The van der Waals surface area contributed by atoms with E-state index in [1.165, 1.54) is 11.1 Å². The Morgan fingerprint density at radius 2 is 2.00 bits per heavy atom. The highest BCUT2D eigenvalue weighted by molar-refractivity contribution is 9.10. The van der Waals surface area contributed by atoms with Crippen LogP contribution in [0.4, 0.5) is 0 Å². The van der Waals surface area contributed by atoms with Crippen molar-refractivity contribution < 1.29 is 4.74 Å². The SMILES string of the molecule is Cc1cccc(-c2nc(-c3ccccc3Br)[nH]c2C2=CCOCC2)c1. The van der Waals surface area contributed by atoms with Crippen molar-refractivity contribution >= 4 is 21.5 Å². The number of aromatic nitrogens is 2. The molecule has 0 unspecified atom stereocenters. The molecule has 2 aromatic carbocycles. The molecule has 0 spiro atoms. The molecule has 0 fully saturated rings. The summed E-state index contributed by atoms with van der Waals surface area (Å²) in [5, 5.41) is 0. The second-order valence-electron chi connectivity index (χ2n) is 6.21. The van der Waals surface area contributed by atoms with E-state index in [4.69, 9.17) is 9.72 Å². The molecule has 126 valence electrons. The number of imidazole rings is 1. The molecule has 2 heterocycles. The maximum Gasteiger partial charge on any atom is 0.139 e. The average Bonchev–Trinajstić information content (AvgIpc) is 3.08. The zero-order valence-electron chi connectivity index (χ0n) is 14.1. The van der Waals surface area contributed by atoms with E-state index in [1.54, 1.807) is 0 Å². The van der Waals surface area contributed by atoms with Gasteiger partial charge in [0.25, 0.3) is 0 Å². The van der Waals surface area contributed by atoms with Gasteiger partial charge >= 0.3 is 0 Å². The Morgan fingerprint density at radius 3 is 2.76 bits per heavy atom. The molecule has 3 aromatic rings. The molecule has 25 heavy (non-hydrogen) atoms. The zero-order valence-corrected chi connectivity index (χ0v) is 15.6. The second kappa shape index (κ2) is 6.98. The van der Waals surface area contributed by atoms with Crippen molar-refractivity contribution in [2.75, 3.05) is 13.2 Å². The lowest BCUT2D eigenvalue weighted by atomic mass is 10.0. The first-order chi connectivity index (χ1) is 12.2. The lowest BCUT2D eigenvalue weighted by Gasteiger charge is -2.13. The minimum atomic E-state index is 0.659. The van der Waals surface area contributed by atoms with Gasteiger partial charge in [-0.25, -0.2) is 4.98 Å². The molecule has 0 saturated carbocycles. The summed E-state index contributed by atoms with van der Waals surface area (Å²) in [6, 6.07) is 16.7. The Morgan fingerprint density at radius 1 is 1.12 bits per heavy atom. The van der Waals surface area contributed by atoms with Crippen LogP contribution in [0.25, 0.3) is 28.2 Å². The summed E-state index contributed by atoms with van der Waals surface area (Å²) in [7, 11) is 0. The van der Waals surface area contributed by atoms with E-state index in [2.05, 4.69) is 64.2 Å². The Bertz CT molecular complexity index is 943. The number of rotatable bonds is 3. The molecule has 0 atom stereocenters. The van der Waals surface area contributed by atoms with Gasteiger partial charge in [0.15, 0.2) is 0 Å². The highest BCUT2D eigenvalue weighted by atomic mass is 79.9. The van der Waals surface area contributed by atoms with Crippen molar-refractivity contribution in [1.29, 1.82) is 0 Å². The van der Waals surface area contributed by atoms with Gasteiger partial charge in [-0.15, -0.1) is 0 Å². The summed E-state index contributed by atoms with van der Waals surface area (Å²) in [4.78, 5) is 8.52. The van der Waals surface area contributed by atoms with Crippen LogP contribution in [0.2, 0.25) is 0 Å². The van der Waals surface area contributed by atoms with Crippen LogP contribution in [0.15, 0.2) is 59.1 Å². The normalized spacial score (nSPS) is 14.4. The van der Waals surface area contributed by atoms with Gasteiger partial charge in [-0.3, -0.25) is 0 Å². The predicted octanol–water partition coefficient (Wildman–Crippen LogP) is 5.62. The Kier molecular flexibility index (Phi) is 4.55. The molecular weight excluding hydrogens is 376 g/mol. The van der Waals surface area contributed by atoms with Crippen LogP contribution in [-0.4, -0.2) is 23.2 Å². The molecule has 0 amide bonds. The Balaban J connectivity index is 1.89. The van der Waals surface area contributed by atoms with Crippen LogP contribution in [0.5, 0.6) is 0 Å². The number of nitrogens with one attached hydrogen (secondary N) is 1. The first-order valence-corrected chi connectivity index (χ1v) is 9.21. The number of halogens is 1. The fourth-order valence-corrected chi connectivity index (χ4v) is 3.61. The zero-order chi connectivity index (χ0) is 17.2.